The van der Waals surface area contributed by atoms with Gasteiger partial charge in [-0.05, 0) is 48.7 Å². The fourth-order valence-corrected chi connectivity index (χ4v) is 2.88. The summed E-state index contributed by atoms with van der Waals surface area (Å²) in [4.78, 5) is 0. The maximum absolute atomic E-state index is 3.63. The van der Waals surface area contributed by atoms with Gasteiger partial charge in [-0.2, -0.15) is 0 Å². The molecular formula is C16H17Br2N. The molecule has 0 saturated carbocycles. The predicted molar refractivity (Wildman–Crippen MR) is 89.7 cm³/mol. The van der Waals surface area contributed by atoms with Gasteiger partial charge in [-0.15, -0.1) is 0 Å². The van der Waals surface area contributed by atoms with Crippen LogP contribution in [0.3, 0.4) is 0 Å². The standard InChI is InChI=1S/C16H17Br2N/c1-3-15(12-6-4-7-13(17)10-12)19-16-9-5-8-14(18)11(16)2/h4-10,15,19H,3H2,1-2H3. The van der Waals surface area contributed by atoms with E-state index in [0.717, 1.165) is 15.4 Å². The Morgan fingerprint density at radius 1 is 1.11 bits per heavy atom. The Morgan fingerprint density at radius 2 is 1.84 bits per heavy atom. The van der Waals surface area contributed by atoms with Crippen molar-refractivity contribution in [1.29, 1.82) is 0 Å². The van der Waals surface area contributed by atoms with Crippen LogP contribution in [0, 0.1) is 6.92 Å². The third-order valence-electron chi connectivity index (χ3n) is 3.26. The number of benzene rings is 2. The quantitative estimate of drug-likeness (QED) is 0.675. The van der Waals surface area contributed by atoms with Gasteiger partial charge in [-0.25, -0.2) is 0 Å². The van der Waals surface area contributed by atoms with Gasteiger partial charge in [0, 0.05) is 14.6 Å². The van der Waals surface area contributed by atoms with E-state index in [4.69, 9.17) is 0 Å². The molecule has 1 nitrogen and oxygen atoms in total. The van der Waals surface area contributed by atoms with E-state index in [1.54, 1.807) is 0 Å². The maximum Gasteiger partial charge on any atom is 0.0511 e. The zero-order valence-corrected chi connectivity index (χ0v) is 14.3. The topological polar surface area (TPSA) is 12.0 Å². The van der Waals surface area contributed by atoms with E-state index in [1.165, 1.54) is 16.8 Å². The van der Waals surface area contributed by atoms with E-state index < -0.39 is 0 Å². The molecule has 0 fully saturated rings. The number of nitrogens with one attached hydrogen (secondary N) is 1. The van der Waals surface area contributed by atoms with Crippen molar-refractivity contribution in [3.05, 3.63) is 62.5 Å². The van der Waals surface area contributed by atoms with Crippen LogP contribution in [0.5, 0.6) is 0 Å². The highest BCUT2D eigenvalue weighted by Crippen LogP contribution is 2.29. The van der Waals surface area contributed by atoms with Gasteiger partial charge in [-0.1, -0.05) is 57.0 Å². The third-order valence-corrected chi connectivity index (χ3v) is 4.61. The second kappa shape index (κ2) is 6.58. The van der Waals surface area contributed by atoms with Crippen molar-refractivity contribution in [2.75, 3.05) is 5.32 Å². The van der Waals surface area contributed by atoms with E-state index in [0.29, 0.717) is 6.04 Å². The number of hydrogen-bond acceptors (Lipinski definition) is 1. The Bertz CT molecular complexity index is 566. The van der Waals surface area contributed by atoms with E-state index in [-0.39, 0.29) is 0 Å². The molecule has 0 aliphatic carbocycles. The molecule has 100 valence electrons. The first-order valence-corrected chi connectivity index (χ1v) is 7.97. The molecule has 2 aromatic rings. The summed E-state index contributed by atoms with van der Waals surface area (Å²) in [6.07, 6.45) is 1.04. The molecule has 3 heteroatoms. The fraction of sp³-hybridized carbons (Fsp3) is 0.250. The lowest BCUT2D eigenvalue weighted by Crippen LogP contribution is -2.10. The van der Waals surface area contributed by atoms with Gasteiger partial charge in [0.1, 0.15) is 0 Å². The molecule has 0 aromatic heterocycles. The van der Waals surface area contributed by atoms with Gasteiger partial charge in [0.25, 0.3) is 0 Å². The van der Waals surface area contributed by atoms with Crippen LogP contribution in [-0.2, 0) is 0 Å². The minimum absolute atomic E-state index is 0.325. The zero-order valence-electron chi connectivity index (χ0n) is 11.1. The zero-order chi connectivity index (χ0) is 13.8. The van der Waals surface area contributed by atoms with Gasteiger partial charge >= 0.3 is 0 Å². The lowest BCUT2D eigenvalue weighted by Gasteiger charge is -2.21. The summed E-state index contributed by atoms with van der Waals surface area (Å²) in [5.74, 6) is 0. The number of hydrogen-bond donors (Lipinski definition) is 1. The van der Waals surface area contributed by atoms with Gasteiger partial charge < -0.3 is 5.32 Å². The predicted octanol–water partition coefficient (Wildman–Crippen LogP) is 6.08. The van der Waals surface area contributed by atoms with Crippen LogP contribution >= 0.6 is 31.9 Å². The molecule has 0 aliphatic heterocycles. The normalized spacial score (nSPS) is 12.2. The van der Waals surface area contributed by atoms with E-state index in [9.17, 15) is 0 Å². The van der Waals surface area contributed by atoms with Crippen LogP contribution in [0.2, 0.25) is 0 Å². The monoisotopic (exact) mass is 381 g/mol. The smallest absolute Gasteiger partial charge is 0.0511 e. The minimum atomic E-state index is 0.325. The van der Waals surface area contributed by atoms with Crippen molar-refractivity contribution in [3.8, 4) is 0 Å². The molecule has 1 unspecified atom stereocenters. The molecule has 0 heterocycles. The summed E-state index contributed by atoms with van der Waals surface area (Å²) in [6, 6.07) is 15.1. The Morgan fingerprint density at radius 3 is 2.53 bits per heavy atom. The summed E-state index contributed by atoms with van der Waals surface area (Å²) >= 11 is 7.11. The molecule has 1 N–H and O–H groups in total. The minimum Gasteiger partial charge on any atom is -0.378 e. The molecule has 19 heavy (non-hydrogen) atoms. The van der Waals surface area contributed by atoms with Crippen molar-refractivity contribution in [2.45, 2.75) is 26.3 Å². The number of anilines is 1. The SMILES string of the molecule is CCC(Nc1cccc(Br)c1C)c1cccc(Br)c1. The molecule has 0 aliphatic rings. The van der Waals surface area contributed by atoms with Crippen molar-refractivity contribution < 1.29 is 0 Å². The van der Waals surface area contributed by atoms with Gasteiger partial charge in [0.2, 0.25) is 0 Å². The first kappa shape index (κ1) is 14.6. The van der Waals surface area contributed by atoms with Crippen molar-refractivity contribution >= 4 is 37.5 Å². The molecule has 2 aromatic carbocycles. The van der Waals surface area contributed by atoms with Crippen LogP contribution in [0.1, 0.15) is 30.5 Å². The molecule has 0 amide bonds. The molecule has 0 saturated heterocycles. The summed E-state index contributed by atoms with van der Waals surface area (Å²) in [6.45, 7) is 4.33. The van der Waals surface area contributed by atoms with Gasteiger partial charge in [-0.3, -0.25) is 0 Å². The van der Waals surface area contributed by atoms with Crippen LogP contribution in [0.25, 0.3) is 0 Å². The van der Waals surface area contributed by atoms with E-state index in [1.807, 2.05) is 0 Å². The summed E-state index contributed by atoms with van der Waals surface area (Å²) in [5, 5.41) is 3.63. The highest BCUT2D eigenvalue weighted by molar-refractivity contribution is 9.10. The molecule has 0 spiro atoms. The second-order valence-electron chi connectivity index (χ2n) is 4.57. The van der Waals surface area contributed by atoms with Crippen LogP contribution in [0.15, 0.2) is 51.4 Å². The first-order chi connectivity index (χ1) is 9.11. The van der Waals surface area contributed by atoms with Crippen LogP contribution < -0.4 is 5.32 Å². The number of rotatable bonds is 4. The van der Waals surface area contributed by atoms with Crippen LogP contribution in [0.4, 0.5) is 5.69 Å². The molecule has 0 radical (unpaired) electrons. The molecular weight excluding hydrogens is 366 g/mol. The van der Waals surface area contributed by atoms with Crippen LogP contribution in [-0.4, -0.2) is 0 Å². The van der Waals surface area contributed by atoms with Crippen molar-refractivity contribution in [2.24, 2.45) is 0 Å². The largest absolute Gasteiger partial charge is 0.378 e. The fourth-order valence-electron chi connectivity index (χ4n) is 2.10. The Labute approximate surface area is 131 Å². The molecule has 0 bridgehead atoms. The third kappa shape index (κ3) is 3.61. The highest BCUT2D eigenvalue weighted by Gasteiger charge is 2.11. The Hall–Kier alpha value is -0.800. The summed E-state index contributed by atoms with van der Waals surface area (Å²) < 4.78 is 2.26. The summed E-state index contributed by atoms with van der Waals surface area (Å²) in [5.41, 5.74) is 3.73. The van der Waals surface area contributed by atoms with E-state index >= 15 is 0 Å². The second-order valence-corrected chi connectivity index (χ2v) is 6.34. The molecule has 1 atom stereocenters. The molecule has 2 rings (SSSR count). The Kier molecular flexibility index (Phi) is 5.06. The van der Waals surface area contributed by atoms with Crippen molar-refractivity contribution in [1.82, 2.24) is 0 Å². The highest BCUT2D eigenvalue weighted by atomic mass is 79.9. The van der Waals surface area contributed by atoms with Crippen molar-refractivity contribution in [3.63, 3.8) is 0 Å². The maximum atomic E-state index is 3.63. The summed E-state index contributed by atoms with van der Waals surface area (Å²) in [7, 11) is 0. The Balaban J connectivity index is 2.26. The average molecular weight is 383 g/mol. The first-order valence-electron chi connectivity index (χ1n) is 6.39. The van der Waals surface area contributed by atoms with Gasteiger partial charge in [0.05, 0.1) is 6.04 Å². The average Bonchev–Trinajstić information content (AvgIpc) is 2.40. The number of halogens is 2. The van der Waals surface area contributed by atoms with Gasteiger partial charge in [0.15, 0.2) is 0 Å². The lowest BCUT2D eigenvalue weighted by atomic mass is 10.0. The van der Waals surface area contributed by atoms with E-state index in [2.05, 4.69) is 93.5 Å². The lowest BCUT2D eigenvalue weighted by molar-refractivity contribution is 0.748.